The van der Waals surface area contributed by atoms with Crippen LogP contribution in [0.2, 0.25) is 0 Å². The molecule has 3 aromatic rings. The summed E-state index contributed by atoms with van der Waals surface area (Å²) < 4.78 is 5.67. The summed E-state index contributed by atoms with van der Waals surface area (Å²) >= 11 is 3.34. The number of hydrogen-bond donors (Lipinski definition) is 0. The summed E-state index contributed by atoms with van der Waals surface area (Å²) in [5.74, 6) is 0.813. The second-order valence-electron chi connectivity index (χ2n) is 4.22. The first-order chi connectivity index (χ1) is 9.35. The summed E-state index contributed by atoms with van der Waals surface area (Å²) in [5, 5.41) is 4.06. The minimum absolute atomic E-state index is 0.714. The predicted molar refractivity (Wildman–Crippen MR) is 79.7 cm³/mol. The second kappa shape index (κ2) is 5.75. The first-order valence-electron chi connectivity index (χ1n) is 6.27. The Bertz CT molecular complexity index is 642. The molecule has 0 saturated carbocycles. The molecule has 0 N–H and O–H groups in total. The Balaban J connectivity index is 1.67. The summed E-state index contributed by atoms with van der Waals surface area (Å²) in [6.07, 6.45) is 2.21. The van der Waals surface area contributed by atoms with E-state index in [4.69, 9.17) is 4.42 Å². The van der Waals surface area contributed by atoms with Crippen molar-refractivity contribution in [3.8, 4) is 0 Å². The van der Waals surface area contributed by atoms with E-state index in [1.165, 1.54) is 5.01 Å². The lowest BCUT2D eigenvalue weighted by Gasteiger charge is -1.92. The monoisotopic (exact) mass is 290 g/mol. The van der Waals surface area contributed by atoms with Gasteiger partial charge in [0.05, 0.1) is 10.7 Å². The zero-order valence-electron chi connectivity index (χ0n) is 10.6. The Labute approximate surface area is 120 Å². The number of oxazole rings is 1. The van der Waals surface area contributed by atoms with Crippen molar-refractivity contribution in [2.45, 2.75) is 30.7 Å². The molecular weight excluding hydrogens is 276 g/mol. The van der Waals surface area contributed by atoms with Crippen LogP contribution in [0.15, 0.2) is 39.3 Å². The Kier molecular flexibility index (Phi) is 3.84. The molecule has 19 heavy (non-hydrogen) atoms. The standard InChI is InChI=1S/C14H14N2OS2/c1-2-5-13-15-10(8-18-13)9-19-14-16-11-6-3-4-7-12(11)17-14/h3-4,6-8H,2,5,9H2,1H3. The van der Waals surface area contributed by atoms with Gasteiger partial charge in [0.25, 0.3) is 5.22 Å². The molecule has 0 amide bonds. The van der Waals surface area contributed by atoms with Gasteiger partial charge in [0.2, 0.25) is 0 Å². The van der Waals surface area contributed by atoms with Gasteiger partial charge in [-0.25, -0.2) is 9.97 Å². The van der Waals surface area contributed by atoms with Crippen LogP contribution in [0.3, 0.4) is 0 Å². The number of thiazole rings is 1. The van der Waals surface area contributed by atoms with Crippen molar-refractivity contribution < 1.29 is 4.42 Å². The van der Waals surface area contributed by atoms with Crippen molar-refractivity contribution in [3.63, 3.8) is 0 Å². The van der Waals surface area contributed by atoms with E-state index in [9.17, 15) is 0 Å². The zero-order chi connectivity index (χ0) is 13.1. The molecule has 5 heteroatoms. The summed E-state index contributed by atoms with van der Waals surface area (Å²) in [6.45, 7) is 2.17. The molecule has 0 fully saturated rings. The third-order valence-corrected chi connectivity index (χ3v) is 4.50. The van der Waals surface area contributed by atoms with Crippen molar-refractivity contribution >= 4 is 34.2 Å². The Morgan fingerprint density at radius 1 is 1.26 bits per heavy atom. The highest BCUT2D eigenvalue weighted by Crippen LogP contribution is 2.26. The van der Waals surface area contributed by atoms with Crippen molar-refractivity contribution in [2.24, 2.45) is 0 Å². The zero-order valence-corrected chi connectivity index (χ0v) is 12.3. The van der Waals surface area contributed by atoms with Gasteiger partial charge in [-0.1, -0.05) is 30.8 Å². The first kappa shape index (κ1) is 12.7. The number of benzene rings is 1. The first-order valence-corrected chi connectivity index (χ1v) is 8.13. The molecule has 98 valence electrons. The van der Waals surface area contributed by atoms with E-state index in [1.54, 1.807) is 23.1 Å². The number of nitrogens with zero attached hydrogens (tertiary/aromatic N) is 2. The van der Waals surface area contributed by atoms with Gasteiger partial charge in [-0.2, -0.15) is 0 Å². The maximum atomic E-state index is 5.67. The third-order valence-electron chi connectivity index (χ3n) is 2.68. The highest BCUT2D eigenvalue weighted by Gasteiger charge is 2.07. The molecule has 3 rings (SSSR count). The van der Waals surface area contributed by atoms with Gasteiger partial charge in [0, 0.05) is 11.1 Å². The molecule has 0 aliphatic heterocycles. The van der Waals surface area contributed by atoms with E-state index in [0.717, 1.165) is 35.4 Å². The molecule has 0 bridgehead atoms. The lowest BCUT2D eigenvalue weighted by molar-refractivity contribution is 0.489. The highest BCUT2D eigenvalue weighted by atomic mass is 32.2. The number of rotatable bonds is 5. The number of para-hydroxylation sites is 2. The number of aryl methyl sites for hydroxylation is 1. The summed E-state index contributed by atoms with van der Waals surface area (Å²) in [5.41, 5.74) is 2.87. The van der Waals surface area contributed by atoms with Gasteiger partial charge in [-0.05, 0) is 25.0 Å². The van der Waals surface area contributed by atoms with Crippen LogP contribution in [0, 0.1) is 0 Å². The number of hydrogen-bond acceptors (Lipinski definition) is 5. The summed E-state index contributed by atoms with van der Waals surface area (Å²) in [4.78, 5) is 9.04. The third kappa shape index (κ3) is 2.98. The molecule has 0 aliphatic rings. The van der Waals surface area contributed by atoms with Crippen molar-refractivity contribution in [3.05, 3.63) is 40.3 Å². The topological polar surface area (TPSA) is 38.9 Å². The molecule has 2 heterocycles. The van der Waals surface area contributed by atoms with Gasteiger partial charge in [-0.3, -0.25) is 0 Å². The fraction of sp³-hybridized carbons (Fsp3) is 0.286. The maximum Gasteiger partial charge on any atom is 0.257 e. The molecule has 1 aromatic carbocycles. The minimum atomic E-state index is 0.714. The molecule has 3 nitrogen and oxygen atoms in total. The fourth-order valence-corrected chi connectivity index (χ4v) is 3.53. The maximum absolute atomic E-state index is 5.67. The van der Waals surface area contributed by atoms with Gasteiger partial charge >= 0.3 is 0 Å². The molecular formula is C14H14N2OS2. The lowest BCUT2D eigenvalue weighted by Crippen LogP contribution is -1.84. The fourth-order valence-electron chi connectivity index (χ4n) is 1.79. The normalized spacial score (nSPS) is 11.2. The minimum Gasteiger partial charge on any atom is -0.431 e. The van der Waals surface area contributed by atoms with Crippen molar-refractivity contribution in [2.75, 3.05) is 0 Å². The largest absolute Gasteiger partial charge is 0.431 e. The quantitative estimate of drug-likeness (QED) is 0.647. The molecule has 2 aromatic heterocycles. The lowest BCUT2D eigenvalue weighted by atomic mass is 10.3. The SMILES string of the molecule is CCCc1nc(CSc2nc3ccccc3o2)cs1. The van der Waals surface area contributed by atoms with E-state index in [1.807, 2.05) is 24.3 Å². The average molecular weight is 290 g/mol. The predicted octanol–water partition coefficient (Wildman–Crippen LogP) is 4.53. The highest BCUT2D eigenvalue weighted by molar-refractivity contribution is 7.98. The molecule has 0 spiro atoms. The second-order valence-corrected chi connectivity index (χ2v) is 6.09. The van der Waals surface area contributed by atoms with Crippen molar-refractivity contribution in [1.29, 1.82) is 0 Å². The molecule has 0 unspecified atom stereocenters. The van der Waals surface area contributed by atoms with Crippen LogP contribution in [0.25, 0.3) is 11.1 Å². The van der Waals surface area contributed by atoms with Crippen LogP contribution in [-0.4, -0.2) is 9.97 Å². The smallest absolute Gasteiger partial charge is 0.257 e. The summed E-state index contributed by atoms with van der Waals surface area (Å²) in [7, 11) is 0. The van der Waals surface area contributed by atoms with Crippen LogP contribution in [-0.2, 0) is 12.2 Å². The van der Waals surface area contributed by atoms with E-state index >= 15 is 0 Å². The van der Waals surface area contributed by atoms with Crippen LogP contribution in [0.4, 0.5) is 0 Å². The molecule has 0 atom stereocenters. The van der Waals surface area contributed by atoms with E-state index in [2.05, 4.69) is 22.3 Å². The Hall–Kier alpha value is -1.33. The van der Waals surface area contributed by atoms with E-state index < -0.39 is 0 Å². The Morgan fingerprint density at radius 2 is 2.16 bits per heavy atom. The molecule has 0 saturated heterocycles. The van der Waals surface area contributed by atoms with Gasteiger partial charge in [-0.15, -0.1) is 11.3 Å². The van der Waals surface area contributed by atoms with E-state index in [-0.39, 0.29) is 0 Å². The molecule has 0 radical (unpaired) electrons. The number of fused-ring (bicyclic) bond motifs is 1. The summed E-state index contributed by atoms with van der Waals surface area (Å²) in [6, 6.07) is 7.83. The van der Waals surface area contributed by atoms with E-state index in [0.29, 0.717) is 5.22 Å². The van der Waals surface area contributed by atoms with Crippen LogP contribution >= 0.6 is 23.1 Å². The van der Waals surface area contributed by atoms with Gasteiger partial charge in [0.1, 0.15) is 5.52 Å². The van der Waals surface area contributed by atoms with Crippen molar-refractivity contribution in [1.82, 2.24) is 9.97 Å². The van der Waals surface area contributed by atoms with Crippen LogP contribution in [0.5, 0.6) is 0 Å². The van der Waals surface area contributed by atoms with Gasteiger partial charge < -0.3 is 4.42 Å². The Morgan fingerprint density at radius 3 is 3.00 bits per heavy atom. The van der Waals surface area contributed by atoms with Gasteiger partial charge in [0.15, 0.2) is 5.58 Å². The molecule has 0 aliphatic carbocycles. The number of aromatic nitrogens is 2. The van der Waals surface area contributed by atoms with Crippen LogP contribution < -0.4 is 0 Å². The van der Waals surface area contributed by atoms with Crippen LogP contribution in [0.1, 0.15) is 24.0 Å². The average Bonchev–Trinajstić information content (AvgIpc) is 3.02. The number of thioether (sulfide) groups is 1.